The number of carbonyl (C=O) groups excluding carboxylic acids is 4. The summed E-state index contributed by atoms with van der Waals surface area (Å²) in [4.78, 5) is 53.8. The highest BCUT2D eigenvalue weighted by molar-refractivity contribution is 5.99. The van der Waals surface area contributed by atoms with Crippen molar-refractivity contribution < 1.29 is 28.7 Å². The Balaban J connectivity index is 2.56. The van der Waals surface area contributed by atoms with Gasteiger partial charge in [-0.1, -0.05) is 25.1 Å². The Labute approximate surface area is 236 Å². The highest BCUT2D eigenvalue weighted by Crippen LogP contribution is 2.30. The Morgan fingerprint density at radius 3 is 2.10 bits per heavy atom. The van der Waals surface area contributed by atoms with Crippen molar-refractivity contribution in [3.8, 4) is 5.75 Å². The van der Waals surface area contributed by atoms with E-state index in [1.165, 1.54) is 4.90 Å². The quantitative estimate of drug-likeness (QED) is 0.356. The number of primary amides is 1. The lowest BCUT2D eigenvalue weighted by atomic mass is 9.93. The predicted octanol–water partition coefficient (Wildman–Crippen LogP) is 4.39. The maximum Gasteiger partial charge on any atom is 0.408 e. The average Bonchev–Trinajstić information content (AvgIpc) is 2.86. The van der Waals surface area contributed by atoms with Gasteiger partial charge in [0.05, 0.1) is 7.11 Å². The van der Waals surface area contributed by atoms with Crippen LogP contribution in [-0.4, -0.2) is 54.0 Å². The normalized spacial score (nSPS) is 12.6. The number of ether oxygens (including phenoxy) is 2. The van der Waals surface area contributed by atoms with E-state index in [2.05, 4.69) is 10.6 Å². The SMILES string of the molecule is CCCN(C(=O)C(CCC(N)=O)NC(=O)OC(C)(C)C)C(C(=O)Nc1ccc(OC)cc1)c1c(C)cccc1C. The molecule has 0 saturated heterocycles. The van der Waals surface area contributed by atoms with Crippen LogP contribution in [0, 0.1) is 13.8 Å². The minimum absolute atomic E-state index is 0.0484. The minimum atomic E-state index is -1.14. The summed E-state index contributed by atoms with van der Waals surface area (Å²) in [6.07, 6.45) is -0.457. The summed E-state index contributed by atoms with van der Waals surface area (Å²) in [5.74, 6) is -0.922. The van der Waals surface area contributed by atoms with E-state index in [4.69, 9.17) is 15.2 Å². The zero-order valence-electron chi connectivity index (χ0n) is 24.5. The number of hydrogen-bond donors (Lipinski definition) is 3. The lowest BCUT2D eigenvalue weighted by Gasteiger charge is -2.35. The Hall–Kier alpha value is -4.08. The summed E-state index contributed by atoms with van der Waals surface area (Å²) in [6.45, 7) is 11.0. The summed E-state index contributed by atoms with van der Waals surface area (Å²) in [5.41, 5.74) is 7.45. The monoisotopic (exact) mass is 554 g/mol. The van der Waals surface area contributed by atoms with E-state index in [0.29, 0.717) is 23.4 Å². The van der Waals surface area contributed by atoms with Gasteiger partial charge in [-0.15, -0.1) is 0 Å². The average molecular weight is 555 g/mol. The molecule has 2 aromatic rings. The van der Waals surface area contributed by atoms with Crippen LogP contribution in [0.3, 0.4) is 0 Å². The fourth-order valence-corrected chi connectivity index (χ4v) is 4.37. The number of benzene rings is 2. The first kappa shape index (κ1) is 32.1. The second kappa shape index (κ2) is 14.3. The van der Waals surface area contributed by atoms with Crippen molar-refractivity contribution >= 4 is 29.5 Å². The van der Waals surface area contributed by atoms with E-state index in [1.807, 2.05) is 39.0 Å². The Bertz CT molecular complexity index is 1170. The Kier molecular flexibility index (Phi) is 11.5. The zero-order valence-corrected chi connectivity index (χ0v) is 24.5. The van der Waals surface area contributed by atoms with Gasteiger partial charge in [-0.2, -0.15) is 0 Å². The molecule has 4 N–H and O–H groups in total. The number of carbonyl (C=O) groups is 4. The van der Waals surface area contributed by atoms with E-state index in [-0.39, 0.29) is 19.4 Å². The number of hydrogen-bond acceptors (Lipinski definition) is 6. The third-order valence-corrected chi connectivity index (χ3v) is 6.15. The molecule has 4 amide bonds. The van der Waals surface area contributed by atoms with Crippen molar-refractivity contribution in [2.45, 2.75) is 78.5 Å². The highest BCUT2D eigenvalue weighted by atomic mass is 16.6. The van der Waals surface area contributed by atoms with E-state index in [1.54, 1.807) is 52.1 Å². The molecule has 0 aromatic heterocycles. The zero-order chi connectivity index (χ0) is 30.0. The van der Waals surface area contributed by atoms with Gasteiger partial charge in [0, 0.05) is 18.7 Å². The number of anilines is 1. The van der Waals surface area contributed by atoms with Gasteiger partial charge in [-0.3, -0.25) is 14.4 Å². The van der Waals surface area contributed by atoms with Gasteiger partial charge in [0.1, 0.15) is 23.4 Å². The van der Waals surface area contributed by atoms with E-state index in [0.717, 1.165) is 11.1 Å². The largest absolute Gasteiger partial charge is 0.497 e. The van der Waals surface area contributed by atoms with Gasteiger partial charge in [0.25, 0.3) is 5.91 Å². The third-order valence-electron chi connectivity index (χ3n) is 6.15. The number of nitrogens with zero attached hydrogens (tertiary/aromatic N) is 1. The molecule has 218 valence electrons. The summed E-state index contributed by atoms with van der Waals surface area (Å²) in [5, 5.41) is 5.53. The summed E-state index contributed by atoms with van der Waals surface area (Å²) in [7, 11) is 1.55. The maximum absolute atomic E-state index is 14.1. The van der Waals surface area contributed by atoms with Crippen molar-refractivity contribution in [1.29, 1.82) is 0 Å². The van der Waals surface area contributed by atoms with Crippen LogP contribution >= 0.6 is 0 Å². The molecule has 10 nitrogen and oxygen atoms in total. The third kappa shape index (κ3) is 9.29. The summed E-state index contributed by atoms with van der Waals surface area (Å²) < 4.78 is 10.6. The molecule has 0 heterocycles. The number of nitrogens with two attached hydrogens (primary N) is 1. The highest BCUT2D eigenvalue weighted by Gasteiger charge is 2.37. The van der Waals surface area contributed by atoms with Crippen LogP contribution in [0.15, 0.2) is 42.5 Å². The molecule has 2 atom stereocenters. The number of aryl methyl sites for hydroxylation is 2. The minimum Gasteiger partial charge on any atom is -0.497 e. The first-order valence-electron chi connectivity index (χ1n) is 13.4. The van der Waals surface area contributed by atoms with E-state index < -0.39 is 41.5 Å². The molecule has 10 heteroatoms. The van der Waals surface area contributed by atoms with E-state index in [9.17, 15) is 19.2 Å². The molecular weight excluding hydrogens is 512 g/mol. The molecule has 2 rings (SSSR count). The molecule has 0 bridgehead atoms. The molecule has 2 unspecified atom stereocenters. The topological polar surface area (TPSA) is 140 Å². The first-order chi connectivity index (χ1) is 18.8. The van der Waals surface area contributed by atoms with Gasteiger partial charge in [0.15, 0.2) is 0 Å². The van der Waals surface area contributed by atoms with Gasteiger partial charge >= 0.3 is 6.09 Å². The standard InChI is InChI=1S/C30H42N4O6/c1-8-18-34(28(37)23(16-17-24(31)35)33-29(38)40-30(4,5)6)26(25-19(2)10-9-11-20(25)3)27(36)32-21-12-14-22(39-7)15-13-21/h9-15,23,26H,8,16-18H2,1-7H3,(H2,31,35)(H,32,36)(H,33,38). The second-order valence-corrected chi connectivity index (χ2v) is 10.7. The lowest BCUT2D eigenvalue weighted by Crippen LogP contribution is -2.53. The fraction of sp³-hybridized carbons (Fsp3) is 0.467. The number of alkyl carbamates (subject to hydrolysis) is 1. The van der Waals surface area contributed by atoms with Crippen LogP contribution in [-0.2, 0) is 19.1 Å². The molecular formula is C30H42N4O6. The van der Waals surface area contributed by atoms with Gasteiger partial charge < -0.3 is 30.7 Å². The number of rotatable bonds is 12. The number of amides is 4. The summed E-state index contributed by atoms with van der Waals surface area (Å²) >= 11 is 0. The summed E-state index contributed by atoms with van der Waals surface area (Å²) in [6, 6.07) is 10.4. The van der Waals surface area contributed by atoms with E-state index >= 15 is 0 Å². The van der Waals surface area contributed by atoms with Crippen LogP contribution < -0.4 is 21.1 Å². The smallest absolute Gasteiger partial charge is 0.408 e. The predicted molar refractivity (Wildman–Crippen MR) is 154 cm³/mol. The van der Waals surface area contributed by atoms with Crippen molar-refractivity contribution in [2.75, 3.05) is 19.0 Å². The van der Waals surface area contributed by atoms with Crippen LogP contribution in [0.4, 0.5) is 10.5 Å². The maximum atomic E-state index is 14.1. The van der Waals surface area contributed by atoms with Gasteiger partial charge in [0.2, 0.25) is 11.8 Å². The molecule has 40 heavy (non-hydrogen) atoms. The van der Waals surface area contributed by atoms with Crippen LogP contribution in [0.2, 0.25) is 0 Å². The molecule has 2 aromatic carbocycles. The molecule has 0 aliphatic rings. The lowest BCUT2D eigenvalue weighted by molar-refractivity contribution is -0.141. The van der Waals surface area contributed by atoms with Crippen LogP contribution in [0.25, 0.3) is 0 Å². The fourth-order valence-electron chi connectivity index (χ4n) is 4.37. The first-order valence-corrected chi connectivity index (χ1v) is 13.4. The molecule has 0 fully saturated rings. The van der Waals surface area contributed by atoms with Crippen LogP contribution in [0.5, 0.6) is 5.75 Å². The van der Waals surface area contributed by atoms with Gasteiger partial charge in [-0.05, 0) is 88.4 Å². The van der Waals surface area contributed by atoms with Crippen molar-refractivity contribution in [3.05, 3.63) is 59.2 Å². The van der Waals surface area contributed by atoms with Crippen molar-refractivity contribution in [3.63, 3.8) is 0 Å². The molecule has 0 aliphatic carbocycles. The number of nitrogens with one attached hydrogen (secondary N) is 2. The molecule has 0 saturated carbocycles. The Morgan fingerprint density at radius 2 is 1.60 bits per heavy atom. The molecule has 0 radical (unpaired) electrons. The Morgan fingerprint density at radius 1 is 1.00 bits per heavy atom. The van der Waals surface area contributed by atoms with Crippen molar-refractivity contribution in [1.82, 2.24) is 10.2 Å². The van der Waals surface area contributed by atoms with Crippen molar-refractivity contribution in [2.24, 2.45) is 5.73 Å². The van der Waals surface area contributed by atoms with Crippen LogP contribution in [0.1, 0.15) is 69.7 Å². The van der Waals surface area contributed by atoms with Gasteiger partial charge in [-0.25, -0.2) is 4.79 Å². The molecule has 0 aliphatic heterocycles. The molecule has 0 spiro atoms. The number of methoxy groups -OCH3 is 1. The second-order valence-electron chi connectivity index (χ2n) is 10.7.